The van der Waals surface area contributed by atoms with E-state index in [1.165, 1.54) is 12.1 Å². The molecule has 2 rings (SSSR count). The molecule has 1 saturated carbocycles. The number of carbonyl (C=O) groups excluding carboxylic acids is 1. The highest BCUT2D eigenvalue weighted by atomic mass is 19.1. The number of aliphatic hydroxyl groups excluding tert-OH is 1. The Labute approximate surface area is 114 Å². The van der Waals surface area contributed by atoms with Gasteiger partial charge in [-0.05, 0) is 31.2 Å². The molecule has 0 radical (unpaired) electrons. The monoisotopic (exact) mass is 282 g/mol. The van der Waals surface area contributed by atoms with E-state index < -0.39 is 22.3 Å². The summed E-state index contributed by atoms with van der Waals surface area (Å²) in [5.41, 5.74) is -0.660. The molecule has 0 bridgehead atoms. The van der Waals surface area contributed by atoms with E-state index in [9.17, 15) is 19.3 Å². The van der Waals surface area contributed by atoms with Gasteiger partial charge in [-0.2, -0.15) is 4.39 Å². The minimum absolute atomic E-state index is 0.0318. The number of carbonyl (C=O) groups is 1. The van der Waals surface area contributed by atoms with Crippen LogP contribution in [0.3, 0.4) is 0 Å². The first-order valence-electron chi connectivity index (χ1n) is 6.39. The molecule has 1 aliphatic carbocycles. The van der Waals surface area contributed by atoms with Crippen LogP contribution in [0.25, 0.3) is 0 Å². The molecule has 2 N–H and O–H groups in total. The van der Waals surface area contributed by atoms with Crippen molar-refractivity contribution in [2.45, 2.75) is 19.3 Å². The highest BCUT2D eigenvalue weighted by Gasteiger charge is 2.30. The summed E-state index contributed by atoms with van der Waals surface area (Å²) in [6.07, 6.45) is 2.46. The molecule has 1 aromatic carbocycles. The third-order valence-corrected chi connectivity index (χ3v) is 3.23. The van der Waals surface area contributed by atoms with Gasteiger partial charge in [0.05, 0.1) is 17.1 Å². The van der Waals surface area contributed by atoms with Crippen LogP contribution in [0.2, 0.25) is 0 Å². The number of amides is 1. The van der Waals surface area contributed by atoms with Gasteiger partial charge >= 0.3 is 5.69 Å². The lowest BCUT2D eigenvalue weighted by molar-refractivity contribution is -0.388. The number of halogens is 1. The van der Waals surface area contributed by atoms with E-state index in [1.807, 2.05) is 0 Å². The Morgan fingerprint density at radius 3 is 2.75 bits per heavy atom. The first-order chi connectivity index (χ1) is 9.54. The number of nitrogens with one attached hydrogen (secondary N) is 1. The smallest absolute Gasteiger partial charge is 0.308 e. The number of rotatable bonds is 6. The van der Waals surface area contributed by atoms with Gasteiger partial charge < -0.3 is 10.4 Å². The molecule has 0 atom stereocenters. The third-order valence-electron chi connectivity index (χ3n) is 3.23. The average molecular weight is 282 g/mol. The zero-order chi connectivity index (χ0) is 14.7. The number of aliphatic hydroxyl groups is 1. The predicted octanol–water partition coefficient (Wildman–Crippen LogP) is 1.41. The molecular formula is C13H15FN2O4. The molecule has 7 heteroatoms. The highest BCUT2D eigenvalue weighted by Crippen LogP contribution is 2.36. The first kappa shape index (κ1) is 14.4. The van der Waals surface area contributed by atoms with Crippen LogP contribution in [-0.4, -0.2) is 29.1 Å². The van der Waals surface area contributed by atoms with E-state index in [0.717, 1.165) is 12.8 Å². The third kappa shape index (κ3) is 3.11. The predicted molar refractivity (Wildman–Crippen MR) is 68.9 cm³/mol. The molecule has 0 spiro atoms. The maximum Gasteiger partial charge on any atom is 0.308 e. The molecular weight excluding hydrogens is 267 g/mol. The van der Waals surface area contributed by atoms with Gasteiger partial charge in [0.15, 0.2) is 0 Å². The van der Waals surface area contributed by atoms with Crippen molar-refractivity contribution in [3.63, 3.8) is 0 Å². The van der Waals surface area contributed by atoms with Crippen molar-refractivity contribution in [3.8, 4) is 0 Å². The normalized spacial score (nSPS) is 14.1. The molecule has 1 aliphatic rings. The van der Waals surface area contributed by atoms with Gasteiger partial charge in [-0.1, -0.05) is 6.07 Å². The molecule has 0 heterocycles. The van der Waals surface area contributed by atoms with E-state index in [0.29, 0.717) is 17.9 Å². The molecule has 108 valence electrons. The fourth-order valence-corrected chi connectivity index (χ4v) is 2.04. The van der Waals surface area contributed by atoms with Crippen molar-refractivity contribution in [1.29, 1.82) is 0 Å². The molecule has 1 fully saturated rings. The second-order valence-corrected chi connectivity index (χ2v) is 4.82. The van der Waals surface area contributed by atoms with Crippen molar-refractivity contribution >= 4 is 11.6 Å². The minimum Gasteiger partial charge on any atom is -0.395 e. The number of nitrogens with zero attached hydrogens (tertiary/aromatic N) is 1. The molecule has 0 aromatic heterocycles. The Kier molecular flexibility index (Phi) is 4.29. The Balaban J connectivity index is 2.32. The Morgan fingerprint density at radius 1 is 1.50 bits per heavy atom. The van der Waals surface area contributed by atoms with E-state index in [1.54, 1.807) is 0 Å². The van der Waals surface area contributed by atoms with Crippen LogP contribution in [0.5, 0.6) is 0 Å². The van der Waals surface area contributed by atoms with Crippen molar-refractivity contribution < 1.29 is 19.2 Å². The lowest BCUT2D eigenvalue weighted by Gasteiger charge is -2.08. The number of hydrogen-bond acceptors (Lipinski definition) is 4. The largest absolute Gasteiger partial charge is 0.395 e. The summed E-state index contributed by atoms with van der Waals surface area (Å²) < 4.78 is 14.2. The van der Waals surface area contributed by atoms with Crippen molar-refractivity contribution in [3.05, 3.63) is 39.2 Å². The Hall–Kier alpha value is -2.02. The molecule has 1 amide bonds. The Morgan fingerprint density at radius 2 is 2.20 bits per heavy atom. The number of benzene rings is 1. The van der Waals surface area contributed by atoms with Gasteiger partial charge in [0.2, 0.25) is 5.82 Å². The fraction of sp³-hybridized carbons (Fsp3) is 0.462. The number of nitro groups is 1. The fourth-order valence-electron chi connectivity index (χ4n) is 2.04. The second kappa shape index (κ2) is 5.96. The number of nitro benzene ring substituents is 1. The average Bonchev–Trinajstić information content (AvgIpc) is 3.19. The van der Waals surface area contributed by atoms with Crippen molar-refractivity contribution in [2.75, 3.05) is 13.2 Å². The molecule has 20 heavy (non-hydrogen) atoms. The molecule has 6 nitrogen and oxygen atoms in total. The summed E-state index contributed by atoms with van der Waals surface area (Å²) in [5.74, 6) is -1.50. The molecule has 0 unspecified atom stereocenters. The van der Waals surface area contributed by atoms with Crippen molar-refractivity contribution in [2.24, 2.45) is 5.92 Å². The highest BCUT2D eigenvalue weighted by molar-refractivity contribution is 5.95. The maximum absolute atomic E-state index is 14.2. The summed E-state index contributed by atoms with van der Waals surface area (Å²) in [7, 11) is 0. The molecule has 0 aliphatic heterocycles. The zero-order valence-corrected chi connectivity index (χ0v) is 10.8. The van der Waals surface area contributed by atoms with Gasteiger partial charge in [0.25, 0.3) is 5.91 Å². The van der Waals surface area contributed by atoms with E-state index in [-0.39, 0.29) is 18.7 Å². The lowest BCUT2D eigenvalue weighted by atomic mass is 10.0. The van der Waals surface area contributed by atoms with Gasteiger partial charge in [0.1, 0.15) is 0 Å². The van der Waals surface area contributed by atoms with Gasteiger partial charge in [0, 0.05) is 12.1 Å². The van der Waals surface area contributed by atoms with Crippen LogP contribution in [0, 0.1) is 21.8 Å². The zero-order valence-electron chi connectivity index (χ0n) is 10.8. The lowest BCUT2D eigenvalue weighted by Crippen LogP contribution is -2.27. The molecule has 0 saturated heterocycles. The topological polar surface area (TPSA) is 92.5 Å². The standard InChI is InChI=1S/C13H15FN2O4/c14-11-10(13(18)15-5-6-17)4-3-9(7-8-1-2-8)12(11)16(19)20/h3-4,8,17H,1-2,5-7H2,(H,15,18). The minimum atomic E-state index is -1.11. The van der Waals surface area contributed by atoms with Crippen LogP contribution in [0.15, 0.2) is 12.1 Å². The maximum atomic E-state index is 14.2. The second-order valence-electron chi connectivity index (χ2n) is 4.82. The summed E-state index contributed by atoms with van der Waals surface area (Å²) in [6, 6.07) is 2.69. The Bertz CT molecular complexity index is 543. The van der Waals surface area contributed by atoms with Crippen molar-refractivity contribution in [1.82, 2.24) is 5.32 Å². The quantitative estimate of drug-likeness (QED) is 0.609. The summed E-state index contributed by atoms with van der Waals surface area (Å²) >= 11 is 0. The van der Waals surface area contributed by atoms with Gasteiger partial charge in [-0.25, -0.2) is 0 Å². The van der Waals surface area contributed by atoms with Crippen LogP contribution >= 0.6 is 0 Å². The van der Waals surface area contributed by atoms with Crippen LogP contribution in [-0.2, 0) is 6.42 Å². The first-order valence-corrected chi connectivity index (χ1v) is 6.39. The van der Waals surface area contributed by atoms with Crippen LogP contribution in [0.1, 0.15) is 28.8 Å². The van der Waals surface area contributed by atoms with Crippen LogP contribution in [0.4, 0.5) is 10.1 Å². The SMILES string of the molecule is O=C(NCCO)c1ccc(CC2CC2)c([N+](=O)[O-])c1F. The van der Waals surface area contributed by atoms with E-state index in [2.05, 4.69) is 5.32 Å². The van der Waals surface area contributed by atoms with E-state index in [4.69, 9.17) is 5.11 Å². The van der Waals surface area contributed by atoms with E-state index >= 15 is 0 Å². The summed E-state index contributed by atoms with van der Waals surface area (Å²) in [6.45, 7) is -0.314. The van der Waals surface area contributed by atoms with Gasteiger partial charge in [-0.3, -0.25) is 14.9 Å². The number of hydrogen-bond donors (Lipinski definition) is 2. The summed E-state index contributed by atoms with van der Waals surface area (Å²) in [5, 5.41) is 21.9. The van der Waals surface area contributed by atoms with Gasteiger partial charge in [-0.15, -0.1) is 0 Å². The van der Waals surface area contributed by atoms with Crippen LogP contribution < -0.4 is 5.32 Å². The summed E-state index contributed by atoms with van der Waals surface area (Å²) in [4.78, 5) is 21.9. The molecule has 1 aromatic rings.